The Kier molecular flexibility index (Phi) is 4.92. The van der Waals surface area contributed by atoms with E-state index in [2.05, 4.69) is 0 Å². The van der Waals surface area contributed by atoms with Crippen LogP contribution in [-0.2, 0) is 9.53 Å². The fourth-order valence-corrected chi connectivity index (χ4v) is 4.51. The van der Waals surface area contributed by atoms with Gasteiger partial charge >= 0.3 is 5.97 Å². The van der Waals surface area contributed by atoms with Gasteiger partial charge in [0.25, 0.3) is 0 Å². The highest BCUT2D eigenvalue weighted by molar-refractivity contribution is 8.04. The molecule has 2 aliphatic rings. The van der Waals surface area contributed by atoms with E-state index < -0.39 is 5.97 Å². The number of ether oxygens (including phenoxy) is 1. The van der Waals surface area contributed by atoms with Crippen LogP contribution in [0.2, 0.25) is 0 Å². The summed E-state index contributed by atoms with van der Waals surface area (Å²) >= 11 is 1.32. The maximum atomic E-state index is 13.4. The normalized spacial score (nSPS) is 17.6. The van der Waals surface area contributed by atoms with E-state index in [1.807, 2.05) is 72.6 Å². The lowest BCUT2D eigenvalue weighted by atomic mass is 10.0. The van der Waals surface area contributed by atoms with Crippen LogP contribution in [0.15, 0.2) is 88.5 Å². The minimum atomic E-state index is -0.527. The van der Waals surface area contributed by atoms with E-state index in [0.717, 1.165) is 16.0 Å². The average molecular weight is 389 g/mol. The first-order chi connectivity index (χ1) is 13.6. The highest BCUT2D eigenvalue weighted by Crippen LogP contribution is 2.45. The van der Waals surface area contributed by atoms with Crippen molar-refractivity contribution in [3.05, 3.63) is 100 Å². The summed E-state index contributed by atoms with van der Waals surface area (Å²) in [5.41, 5.74) is 2.92. The van der Waals surface area contributed by atoms with Crippen molar-refractivity contribution in [1.29, 1.82) is 0 Å². The molecule has 0 aliphatic carbocycles. The maximum Gasteiger partial charge on any atom is 0.356 e. The summed E-state index contributed by atoms with van der Waals surface area (Å²) in [6.45, 7) is 1.97. The topological polar surface area (TPSA) is 46.6 Å². The number of Topliss-reactive ketones (excluding diaryl/α,β-unsaturated/α-hetero) is 1. The van der Waals surface area contributed by atoms with Crippen LogP contribution in [0.25, 0.3) is 0 Å². The summed E-state index contributed by atoms with van der Waals surface area (Å²) in [5.74, 6) is -0.718. The molecule has 2 aromatic carbocycles. The highest BCUT2D eigenvalue weighted by atomic mass is 32.2. The Hall–Kier alpha value is -3.05. The zero-order chi connectivity index (χ0) is 19.7. The van der Waals surface area contributed by atoms with Gasteiger partial charge in [-0.05, 0) is 24.6 Å². The zero-order valence-electron chi connectivity index (χ0n) is 15.6. The molecule has 0 radical (unpaired) electrons. The van der Waals surface area contributed by atoms with E-state index in [4.69, 9.17) is 4.74 Å². The summed E-state index contributed by atoms with van der Waals surface area (Å²) < 4.78 is 5.07. The van der Waals surface area contributed by atoms with Gasteiger partial charge in [-0.2, -0.15) is 0 Å². The SMILES string of the molecule is COC(=O)C1=C(C(=O)c2ccc(C)cc2)Sc2ccccc2[C@@H]2C=CC=CN12. The Labute approximate surface area is 168 Å². The molecule has 0 spiro atoms. The van der Waals surface area contributed by atoms with Crippen molar-refractivity contribution in [2.45, 2.75) is 17.9 Å². The first kappa shape index (κ1) is 18.3. The Morgan fingerprint density at radius 1 is 1.04 bits per heavy atom. The molecule has 1 atom stereocenters. The molecule has 2 aliphatic heterocycles. The molecule has 0 aromatic heterocycles. The molecule has 0 amide bonds. The molecule has 2 heterocycles. The second kappa shape index (κ2) is 7.52. The van der Waals surface area contributed by atoms with Gasteiger partial charge < -0.3 is 9.64 Å². The molecule has 0 saturated carbocycles. The first-order valence-corrected chi connectivity index (χ1v) is 9.76. The van der Waals surface area contributed by atoms with Crippen molar-refractivity contribution in [3.63, 3.8) is 0 Å². The smallest absolute Gasteiger partial charge is 0.356 e. The summed E-state index contributed by atoms with van der Waals surface area (Å²) in [6, 6.07) is 15.1. The summed E-state index contributed by atoms with van der Waals surface area (Å²) in [4.78, 5) is 29.3. The van der Waals surface area contributed by atoms with Crippen LogP contribution in [0.4, 0.5) is 0 Å². The van der Waals surface area contributed by atoms with Gasteiger partial charge in [0, 0.05) is 16.7 Å². The zero-order valence-corrected chi connectivity index (χ0v) is 16.4. The Morgan fingerprint density at radius 3 is 2.54 bits per heavy atom. The first-order valence-electron chi connectivity index (χ1n) is 8.94. The van der Waals surface area contributed by atoms with Gasteiger partial charge in [0.1, 0.15) is 5.70 Å². The summed E-state index contributed by atoms with van der Waals surface area (Å²) in [6.07, 6.45) is 7.64. The van der Waals surface area contributed by atoms with Crippen molar-refractivity contribution in [1.82, 2.24) is 4.90 Å². The maximum absolute atomic E-state index is 13.4. The minimum Gasteiger partial charge on any atom is -0.464 e. The second-order valence-electron chi connectivity index (χ2n) is 6.58. The molecular weight excluding hydrogens is 370 g/mol. The number of esters is 1. The number of carbonyl (C=O) groups is 2. The van der Waals surface area contributed by atoms with Crippen molar-refractivity contribution in [3.8, 4) is 0 Å². The second-order valence-corrected chi connectivity index (χ2v) is 7.64. The number of carbonyl (C=O) groups excluding carboxylic acids is 2. The lowest BCUT2D eigenvalue weighted by molar-refractivity contribution is -0.137. The number of benzene rings is 2. The third-order valence-corrected chi connectivity index (χ3v) is 5.95. The lowest BCUT2D eigenvalue weighted by Gasteiger charge is -2.30. The Morgan fingerprint density at radius 2 is 1.79 bits per heavy atom. The van der Waals surface area contributed by atoms with E-state index in [1.54, 1.807) is 12.1 Å². The molecule has 0 N–H and O–H groups in total. The quantitative estimate of drug-likeness (QED) is 0.558. The number of rotatable bonds is 3. The molecule has 0 fully saturated rings. The fourth-order valence-electron chi connectivity index (χ4n) is 3.34. The molecule has 0 unspecified atom stereocenters. The van der Waals surface area contributed by atoms with Crippen molar-refractivity contribution in [2.24, 2.45) is 0 Å². The van der Waals surface area contributed by atoms with Crippen molar-refractivity contribution in [2.75, 3.05) is 7.11 Å². The molecule has 0 bridgehead atoms. The van der Waals surface area contributed by atoms with Crippen LogP contribution in [0, 0.1) is 6.92 Å². The summed E-state index contributed by atoms with van der Waals surface area (Å²) in [7, 11) is 1.34. The predicted molar refractivity (Wildman–Crippen MR) is 110 cm³/mol. The molecule has 2 aromatic rings. The Bertz CT molecular complexity index is 1030. The molecule has 0 saturated heterocycles. The van der Waals surface area contributed by atoms with Gasteiger partial charge in [0.05, 0.1) is 18.1 Å². The number of nitrogens with zero attached hydrogens (tertiary/aromatic N) is 1. The molecule has 4 nitrogen and oxygen atoms in total. The largest absolute Gasteiger partial charge is 0.464 e. The van der Waals surface area contributed by atoms with Crippen LogP contribution in [0.3, 0.4) is 0 Å². The Balaban J connectivity index is 1.93. The molecule has 4 rings (SSSR count). The number of thioether (sulfide) groups is 1. The third kappa shape index (κ3) is 3.18. The van der Waals surface area contributed by atoms with Gasteiger partial charge in [-0.25, -0.2) is 4.79 Å². The number of allylic oxidation sites excluding steroid dienone is 3. The van der Waals surface area contributed by atoms with Crippen LogP contribution >= 0.6 is 11.8 Å². The minimum absolute atomic E-state index is 0.175. The number of hydrogen-bond donors (Lipinski definition) is 0. The van der Waals surface area contributed by atoms with Crippen LogP contribution in [-0.4, -0.2) is 23.8 Å². The van der Waals surface area contributed by atoms with Gasteiger partial charge in [-0.1, -0.05) is 71.9 Å². The standard InChI is InChI=1S/C23H19NO3S/c1-15-10-12-16(13-11-15)21(25)22-20(23(26)27-2)24-14-6-5-8-18(24)17-7-3-4-9-19(17)28-22/h3-14,18H,1-2H3/t18-/m0/s1. The molecule has 5 heteroatoms. The van der Waals surface area contributed by atoms with Crippen LogP contribution < -0.4 is 0 Å². The van der Waals surface area contributed by atoms with Gasteiger partial charge in [0.15, 0.2) is 0 Å². The fraction of sp³-hybridized carbons (Fsp3) is 0.130. The number of ketones is 1. The van der Waals surface area contributed by atoms with E-state index in [0.29, 0.717) is 10.5 Å². The number of methoxy groups -OCH3 is 1. The number of fused-ring (bicyclic) bond motifs is 3. The van der Waals surface area contributed by atoms with E-state index in [9.17, 15) is 9.59 Å². The molecular formula is C23H19NO3S. The monoisotopic (exact) mass is 389 g/mol. The van der Waals surface area contributed by atoms with E-state index in [1.165, 1.54) is 18.9 Å². The molecule has 28 heavy (non-hydrogen) atoms. The highest BCUT2D eigenvalue weighted by Gasteiger charge is 2.36. The number of aryl methyl sites for hydroxylation is 1. The van der Waals surface area contributed by atoms with Gasteiger partial charge in [0.2, 0.25) is 5.78 Å². The van der Waals surface area contributed by atoms with Crippen LogP contribution in [0.5, 0.6) is 0 Å². The van der Waals surface area contributed by atoms with E-state index in [-0.39, 0.29) is 17.5 Å². The van der Waals surface area contributed by atoms with Gasteiger partial charge in [-0.3, -0.25) is 4.79 Å². The van der Waals surface area contributed by atoms with Crippen LogP contribution in [0.1, 0.15) is 27.5 Å². The van der Waals surface area contributed by atoms with E-state index >= 15 is 0 Å². The average Bonchev–Trinajstić information content (AvgIpc) is 2.88. The van der Waals surface area contributed by atoms with Gasteiger partial charge in [-0.15, -0.1) is 0 Å². The lowest BCUT2D eigenvalue weighted by Crippen LogP contribution is -2.29. The predicted octanol–water partition coefficient (Wildman–Crippen LogP) is 4.79. The number of hydrogen-bond acceptors (Lipinski definition) is 5. The third-order valence-electron chi connectivity index (χ3n) is 4.77. The molecule has 140 valence electrons. The van der Waals surface area contributed by atoms with Crippen molar-refractivity contribution >= 4 is 23.5 Å². The van der Waals surface area contributed by atoms with Crippen molar-refractivity contribution < 1.29 is 14.3 Å². The summed E-state index contributed by atoms with van der Waals surface area (Å²) in [5, 5.41) is 0.